The summed E-state index contributed by atoms with van der Waals surface area (Å²) < 4.78 is 5.82. The lowest BCUT2D eigenvalue weighted by Crippen LogP contribution is -2.41. The SMILES string of the molecule is CC1=CC(C)[C@H](C(C)(C)OC(=O)Cc2ccccc2)CC1. The second-order valence-electron chi connectivity index (χ2n) is 6.76. The minimum Gasteiger partial charge on any atom is -0.459 e. The first-order valence-corrected chi connectivity index (χ1v) is 7.81. The Bertz CT molecular complexity index is 514. The van der Waals surface area contributed by atoms with E-state index in [1.807, 2.05) is 44.2 Å². The standard InChI is InChI=1S/C19H26O2/c1-14-10-11-17(15(2)12-14)19(3,4)21-18(20)13-16-8-6-5-7-9-16/h5-9,12,15,17H,10-11,13H2,1-4H3/t15?,17-/m1/s1. The summed E-state index contributed by atoms with van der Waals surface area (Å²) in [4.78, 5) is 12.2. The van der Waals surface area contributed by atoms with E-state index in [0.29, 0.717) is 18.3 Å². The molecule has 0 fully saturated rings. The summed E-state index contributed by atoms with van der Waals surface area (Å²) in [6.45, 7) is 8.50. The number of rotatable bonds is 4. The Morgan fingerprint density at radius 1 is 1.29 bits per heavy atom. The highest BCUT2D eigenvalue weighted by Gasteiger charge is 2.37. The van der Waals surface area contributed by atoms with Crippen LogP contribution in [-0.4, -0.2) is 11.6 Å². The van der Waals surface area contributed by atoms with Gasteiger partial charge >= 0.3 is 5.97 Å². The molecule has 21 heavy (non-hydrogen) atoms. The number of carbonyl (C=O) groups excluding carboxylic acids is 1. The van der Waals surface area contributed by atoms with E-state index in [-0.39, 0.29) is 5.97 Å². The quantitative estimate of drug-likeness (QED) is 0.600. The Hall–Kier alpha value is -1.57. The Morgan fingerprint density at radius 2 is 1.95 bits per heavy atom. The lowest BCUT2D eigenvalue weighted by atomic mass is 9.73. The zero-order valence-corrected chi connectivity index (χ0v) is 13.6. The number of hydrogen-bond acceptors (Lipinski definition) is 2. The van der Waals surface area contributed by atoms with Crippen molar-refractivity contribution in [1.82, 2.24) is 0 Å². The molecule has 1 aliphatic carbocycles. The van der Waals surface area contributed by atoms with E-state index < -0.39 is 5.60 Å². The molecular weight excluding hydrogens is 260 g/mol. The fourth-order valence-electron chi connectivity index (χ4n) is 3.44. The fourth-order valence-corrected chi connectivity index (χ4v) is 3.44. The molecule has 1 aromatic rings. The number of allylic oxidation sites excluding steroid dienone is 2. The zero-order valence-electron chi connectivity index (χ0n) is 13.6. The van der Waals surface area contributed by atoms with Crippen molar-refractivity contribution in [2.75, 3.05) is 0 Å². The van der Waals surface area contributed by atoms with Crippen LogP contribution in [0.1, 0.15) is 46.1 Å². The summed E-state index contributed by atoms with van der Waals surface area (Å²) in [5.74, 6) is 0.712. The molecule has 2 rings (SSSR count). The molecule has 0 bridgehead atoms. The number of benzene rings is 1. The molecule has 0 N–H and O–H groups in total. The van der Waals surface area contributed by atoms with Crippen molar-refractivity contribution in [3.63, 3.8) is 0 Å². The third-order valence-electron chi connectivity index (χ3n) is 4.49. The predicted octanol–water partition coefficient (Wildman–Crippen LogP) is 4.54. The van der Waals surface area contributed by atoms with Gasteiger partial charge in [0.25, 0.3) is 0 Å². The third-order valence-corrected chi connectivity index (χ3v) is 4.49. The molecule has 0 amide bonds. The minimum atomic E-state index is -0.414. The van der Waals surface area contributed by atoms with E-state index in [4.69, 9.17) is 4.74 Å². The van der Waals surface area contributed by atoms with E-state index >= 15 is 0 Å². The van der Waals surface area contributed by atoms with Gasteiger partial charge < -0.3 is 4.74 Å². The lowest BCUT2D eigenvalue weighted by molar-refractivity contribution is -0.162. The van der Waals surface area contributed by atoms with Gasteiger partial charge in [0, 0.05) is 5.92 Å². The van der Waals surface area contributed by atoms with Gasteiger partial charge in [0.05, 0.1) is 6.42 Å². The van der Waals surface area contributed by atoms with Crippen LogP contribution in [0, 0.1) is 11.8 Å². The van der Waals surface area contributed by atoms with E-state index in [9.17, 15) is 4.79 Å². The molecule has 114 valence electrons. The van der Waals surface area contributed by atoms with Gasteiger partial charge in [-0.1, -0.05) is 48.9 Å². The highest BCUT2D eigenvalue weighted by Crippen LogP contribution is 2.38. The molecule has 0 radical (unpaired) electrons. The molecule has 2 nitrogen and oxygen atoms in total. The van der Waals surface area contributed by atoms with Gasteiger partial charge in [-0.3, -0.25) is 4.79 Å². The molecule has 0 aromatic heterocycles. The van der Waals surface area contributed by atoms with Gasteiger partial charge in [0.1, 0.15) is 5.60 Å². The van der Waals surface area contributed by atoms with Crippen LogP contribution in [0.5, 0.6) is 0 Å². The van der Waals surface area contributed by atoms with Gasteiger partial charge in [0.15, 0.2) is 0 Å². The van der Waals surface area contributed by atoms with Crippen LogP contribution in [0.3, 0.4) is 0 Å². The lowest BCUT2D eigenvalue weighted by Gasteiger charge is -2.39. The first kappa shape index (κ1) is 15.8. The fraction of sp³-hybridized carbons (Fsp3) is 0.526. The molecule has 2 atom stereocenters. The molecule has 1 unspecified atom stereocenters. The monoisotopic (exact) mass is 286 g/mol. The maximum Gasteiger partial charge on any atom is 0.310 e. The normalized spacial score (nSPS) is 22.6. The molecule has 1 aromatic carbocycles. The molecular formula is C19H26O2. The first-order valence-electron chi connectivity index (χ1n) is 7.81. The van der Waals surface area contributed by atoms with Crippen molar-refractivity contribution in [1.29, 1.82) is 0 Å². The Kier molecular flexibility index (Phi) is 4.87. The van der Waals surface area contributed by atoms with E-state index in [1.54, 1.807) is 0 Å². The van der Waals surface area contributed by atoms with Crippen LogP contribution in [0.4, 0.5) is 0 Å². The van der Waals surface area contributed by atoms with Crippen LogP contribution >= 0.6 is 0 Å². The van der Waals surface area contributed by atoms with Crippen LogP contribution in [0.25, 0.3) is 0 Å². The molecule has 0 spiro atoms. The highest BCUT2D eigenvalue weighted by molar-refractivity contribution is 5.73. The van der Waals surface area contributed by atoms with Crippen molar-refractivity contribution >= 4 is 5.97 Å². The summed E-state index contributed by atoms with van der Waals surface area (Å²) in [6.07, 6.45) is 4.87. The minimum absolute atomic E-state index is 0.135. The summed E-state index contributed by atoms with van der Waals surface area (Å²) in [6, 6.07) is 9.78. The predicted molar refractivity (Wildman–Crippen MR) is 86.0 cm³/mol. The summed E-state index contributed by atoms with van der Waals surface area (Å²) >= 11 is 0. The molecule has 0 saturated carbocycles. The average molecular weight is 286 g/mol. The van der Waals surface area contributed by atoms with Crippen LogP contribution < -0.4 is 0 Å². The maximum absolute atomic E-state index is 12.2. The van der Waals surface area contributed by atoms with Gasteiger partial charge in [-0.25, -0.2) is 0 Å². The number of hydrogen-bond donors (Lipinski definition) is 0. The summed E-state index contributed by atoms with van der Waals surface area (Å²) in [5.41, 5.74) is 2.04. The number of ether oxygens (including phenoxy) is 1. The second-order valence-corrected chi connectivity index (χ2v) is 6.76. The summed E-state index contributed by atoms with van der Waals surface area (Å²) in [5, 5.41) is 0. The van der Waals surface area contributed by atoms with Crippen LogP contribution in [0.15, 0.2) is 42.0 Å². The smallest absolute Gasteiger partial charge is 0.310 e. The van der Waals surface area contributed by atoms with E-state index in [0.717, 1.165) is 18.4 Å². The molecule has 0 aliphatic heterocycles. The Balaban J connectivity index is 1.99. The first-order chi connectivity index (χ1) is 9.88. The summed E-state index contributed by atoms with van der Waals surface area (Å²) in [7, 11) is 0. The van der Waals surface area contributed by atoms with E-state index in [1.165, 1.54) is 5.57 Å². The Morgan fingerprint density at radius 3 is 2.57 bits per heavy atom. The number of esters is 1. The largest absolute Gasteiger partial charge is 0.459 e. The Labute approximate surface area is 128 Å². The second kappa shape index (κ2) is 6.46. The maximum atomic E-state index is 12.2. The van der Waals surface area contributed by atoms with E-state index in [2.05, 4.69) is 19.9 Å². The van der Waals surface area contributed by atoms with Crippen molar-refractivity contribution in [2.24, 2.45) is 11.8 Å². The van der Waals surface area contributed by atoms with Gasteiger partial charge in [-0.05, 0) is 45.1 Å². The van der Waals surface area contributed by atoms with Gasteiger partial charge in [0.2, 0.25) is 0 Å². The van der Waals surface area contributed by atoms with Crippen molar-refractivity contribution < 1.29 is 9.53 Å². The average Bonchev–Trinajstić information content (AvgIpc) is 2.38. The number of carbonyl (C=O) groups is 1. The molecule has 1 aliphatic rings. The van der Waals surface area contributed by atoms with Crippen molar-refractivity contribution in [2.45, 2.75) is 52.6 Å². The van der Waals surface area contributed by atoms with Crippen molar-refractivity contribution in [3.8, 4) is 0 Å². The molecule has 0 saturated heterocycles. The topological polar surface area (TPSA) is 26.3 Å². The molecule has 0 heterocycles. The van der Waals surface area contributed by atoms with Crippen LogP contribution in [-0.2, 0) is 16.0 Å². The van der Waals surface area contributed by atoms with Crippen LogP contribution in [0.2, 0.25) is 0 Å². The third kappa shape index (κ3) is 4.20. The van der Waals surface area contributed by atoms with Gasteiger partial charge in [-0.2, -0.15) is 0 Å². The zero-order chi connectivity index (χ0) is 15.5. The molecule has 2 heteroatoms. The highest BCUT2D eigenvalue weighted by atomic mass is 16.6. The van der Waals surface area contributed by atoms with Crippen molar-refractivity contribution in [3.05, 3.63) is 47.5 Å². The van der Waals surface area contributed by atoms with Gasteiger partial charge in [-0.15, -0.1) is 0 Å².